The summed E-state index contributed by atoms with van der Waals surface area (Å²) in [7, 11) is 1.61. The van der Waals surface area contributed by atoms with Crippen LogP contribution in [0.15, 0.2) is 24.4 Å². The fraction of sp³-hybridized carbons (Fsp3) is 0.667. The van der Waals surface area contributed by atoms with Crippen molar-refractivity contribution in [1.82, 2.24) is 14.8 Å². The van der Waals surface area contributed by atoms with Gasteiger partial charge in [-0.3, -0.25) is 14.6 Å². The first-order valence-corrected chi connectivity index (χ1v) is 10.1. The van der Waals surface area contributed by atoms with E-state index in [0.29, 0.717) is 32.7 Å². The maximum Gasteiger partial charge on any atom is 0.248 e. The molecule has 1 aromatic rings. The summed E-state index contributed by atoms with van der Waals surface area (Å²) in [6, 6.07) is 5.87. The molecule has 1 aromatic heterocycles. The van der Waals surface area contributed by atoms with Crippen LogP contribution in [0.1, 0.15) is 31.4 Å². The Balaban J connectivity index is 1.54. The summed E-state index contributed by atoms with van der Waals surface area (Å²) in [5.74, 6) is 0.250. The van der Waals surface area contributed by atoms with E-state index in [-0.39, 0.29) is 23.8 Å². The first-order valence-electron chi connectivity index (χ1n) is 10.1. The molecule has 7 heteroatoms. The summed E-state index contributed by atoms with van der Waals surface area (Å²) in [6.07, 6.45) is 6.02. The Morgan fingerprint density at radius 3 is 2.93 bits per heavy atom. The number of pyridine rings is 1. The number of amides is 2. The molecule has 3 rings (SSSR count). The molecule has 2 aliphatic heterocycles. The average Bonchev–Trinajstić information content (AvgIpc) is 2.73. The Morgan fingerprint density at radius 2 is 2.14 bits per heavy atom. The number of hydrogen-bond donors (Lipinski definition) is 0. The number of methoxy groups -OCH3 is 1. The van der Waals surface area contributed by atoms with E-state index in [2.05, 4.69) is 4.98 Å². The van der Waals surface area contributed by atoms with Gasteiger partial charge in [-0.1, -0.05) is 6.07 Å². The van der Waals surface area contributed by atoms with Gasteiger partial charge in [-0.15, -0.1) is 0 Å². The maximum absolute atomic E-state index is 12.5. The maximum atomic E-state index is 12.5. The van der Waals surface area contributed by atoms with Crippen molar-refractivity contribution >= 4 is 11.8 Å². The fourth-order valence-electron chi connectivity index (χ4n) is 4.25. The van der Waals surface area contributed by atoms with E-state index in [0.717, 1.165) is 44.5 Å². The lowest BCUT2D eigenvalue weighted by atomic mass is 9.73. The number of likely N-dealkylation sites (tertiary alicyclic amines) is 2. The van der Waals surface area contributed by atoms with Crippen molar-refractivity contribution in [3.8, 4) is 0 Å². The highest BCUT2D eigenvalue weighted by Crippen LogP contribution is 2.38. The number of nitrogens with zero attached hydrogens (tertiary/aromatic N) is 3. The number of rotatable bonds is 8. The third kappa shape index (κ3) is 5.52. The number of aromatic nitrogens is 1. The molecule has 1 unspecified atom stereocenters. The van der Waals surface area contributed by atoms with Crippen molar-refractivity contribution in [2.24, 2.45) is 5.41 Å². The van der Waals surface area contributed by atoms with Gasteiger partial charge < -0.3 is 19.3 Å². The molecule has 2 amide bonds. The Hall–Kier alpha value is -1.99. The standard InChI is InChI=1S/C21H31N3O4/c1-27-13-14-28-15-20(26)23-11-4-8-21(16-23)9-6-19(25)24(17-21)12-7-18-5-2-3-10-22-18/h2-3,5,10H,4,6-9,11-17H2,1H3. The molecule has 0 aromatic carbocycles. The Kier molecular flexibility index (Phi) is 7.39. The second-order valence-corrected chi connectivity index (χ2v) is 7.85. The minimum atomic E-state index is 0.0124. The van der Waals surface area contributed by atoms with Crippen molar-refractivity contribution in [2.45, 2.75) is 32.1 Å². The normalized spacial score (nSPS) is 22.7. The molecule has 0 saturated carbocycles. The Bertz CT molecular complexity index is 654. The van der Waals surface area contributed by atoms with E-state index in [1.54, 1.807) is 13.3 Å². The monoisotopic (exact) mass is 389 g/mol. The highest BCUT2D eigenvalue weighted by Gasteiger charge is 2.42. The lowest BCUT2D eigenvalue weighted by molar-refractivity contribution is -0.145. The number of carbonyl (C=O) groups is 2. The molecular formula is C21H31N3O4. The van der Waals surface area contributed by atoms with Crippen LogP contribution in [0.5, 0.6) is 0 Å². The number of ether oxygens (including phenoxy) is 2. The fourth-order valence-corrected chi connectivity index (χ4v) is 4.25. The van der Waals surface area contributed by atoms with Crippen LogP contribution in [0.4, 0.5) is 0 Å². The quantitative estimate of drug-likeness (QED) is 0.631. The average molecular weight is 389 g/mol. The van der Waals surface area contributed by atoms with E-state index in [1.807, 2.05) is 28.0 Å². The highest BCUT2D eigenvalue weighted by atomic mass is 16.5. The van der Waals surface area contributed by atoms with Crippen LogP contribution >= 0.6 is 0 Å². The predicted octanol–water partition coefficient (Wildman–Crippen LogP) is 1.52. The molecule has 154 valence electrons. The van der Waals surface area contributed by atoms with Gasteiger partial charge in [0, 0.05) is 63.4 Å². The zero-order valence-corrected chi connectivity index (χ0v) is 16.8. The topological polar surface area (TPSA) is 72.0 Å². The van der Waals surface area contributed by atoms with Gasteiger partial charge in [0.1, 0.15) is 6.61 Å². The summed E-state index contributed by atoms with van der Waals surface area (Å²) < 4.78 is 10.3. The van der Waals surface area contributed by atoms with Gasteiger partial charge >= 0.3 is 0 Å². The SMILES string of the molecule is COCCOCC(=O)N1CCCC2(CCC(=O)N(CCc3ccccn3)C2)C1. The van der Waals surface area contributed by atoms with Crippen LogP contribution in [-0.2, 0) is 25.5 Å². The van der Waals surface area contributed by atoms with E-state index in [4.69, 9.17) is 9.47 Å². The second kappa shape index (κ2) is 9.98. The zero-order chi connectivity index (χ0) is 19.8. The Morgan fingerprint density at radius 1 is 1.25 bits per heavy atom. The minimum Gasteiger partial charge on any atom is -0.382 e. The van der Waals surface area contributed by atoms with Gasteiger partial charge in [-0.2, -0.15) is 0 Å². The smallest absolute Gasteiger partial charge is 0.248 e. The van der Waals surface area contributed by atoms with Crippen molar-refractivity contribution in [1.29, 1.82) is 0 Å². The third-order valence-corrected chi connectivity index (χ3v) is 5.78. The molecule has 3 heterocycles. The predicted molar refractivity (Wildman–Crippen MR) is 105 cm³/mol. The van der Waals surface area contributed by atoms with Crippen molar-refractivity contribution < 1.29 is 19.1 Å². The largest absolute Gasteiger partial charge is 0.382 e. The van der Waals surface area contributed by atoms with Crippen LogP contribution in [0.2, 0.25) is 0 Å². The third-order valence-electron chi connectivity index (χ3n) is 5.78. The number of hydrogen-bond acceptors (Lipinski definition) is 5. The molecule has 0 bridgehead atoms. The zero-order valence-electron chi connectivity index (χ0n) is 16.8. The van der Waals surface area contributed by atoms with Gasteiger partial charge in [0.05, 0.1) is 13.2 Å². The molecule has 1 atom stereocenters. The lowest BCUT2D eigenvalue weighted by Gasteiger charge is -2.48. The Labute approximate surface area is 167 Å². The minimum absolute atomic E-state index is 0.0124. The molecule has 0 radical (unpaired) electrons. The van der Waals surface area contributed by atoms with E-state index in [1.165, 1.54) is 0 Å². The summed E-state index contributed by atoms with van der Waals surface area (Å²) in [5.41, 5.74) is 1.02. The van der Waals surface area contributed by atoms with E-state index >= 15 is 0 Å². The van der Waals surface area contributed by atoms with Crippen LogP contribution in [0.3, 0.4) is 0 Å². The lowest BCUT2D eigenvalue weighted by Crippen LogP contribution is -2.55. The molecule has 0 aliphatic carbocycles. The van der Waals surface area contributed by atoms with Gasteiger partial charge in [-0.05, 0) is 31.4 Å². The molecule has 2 fully saturated rings. The van der Waals surface area contributed by atoms with Crippen molar-refractivity contribution in [3.05, 3.63) is 30.1 Å². The number of carbonyl (C=O) groups excluding carboxylic acids is 2. The second-order valence-electron chi connectivity index (χ2n) is 7.85. The highest BCUT2D eigenvalue weighted by molar-refractivity contribution is 5.78. The molecule has 2 saturated heterocycles. The van der Waals surface area contributed by atoms with Gasteiger partial charge in [0.25, 0.3) is 0 Å². The van der Waals surface area contributed by atoms with Gasteiger partial charge in [0.2, 0.25) is 11.8 Å². The molecule has 2 aliphatic rings. The van der Waals surface area contributed by atoms with Gasteiger partial charge in [-0.25, -0.2) is 0 Å². The molecule has 1 spiro atoms. The first kappa shape index (κ1) is 20.7. The van der Waals surface area contributed by atoms with Crippen LogP contribution in [0, 0.1) is 5.41 Å². The van der Waals surface area contributed by atoms with E-state index in [9.17, 15) is 9.59 Å². The summed E-state index contributed by atoms with van der Waals surface area (Å²) in [4.78, 5) is 33.2. The molecular weight excluding hydrogens is 358 g/mol. The summed E-state index contributed by atoms with van der Waals surface area (Å²) >= 11 is 0. The van der Waals surface area contributed by atoms with Crippen molar-refractivity contribution in [2.75, 3.05) is 53.1 Å². The molecule has 7 nitrogen and oxygen atoms in total. The van der Waals surface area contributed by atoms with Crippen LogP contribution in [0.25, 0.3) is 0 Å². The summed E-state index contributed by atoms with van der Waals surface area (Å²) in [6.45, 7) is 3.92. The van der Waals surface area contributed by atoms with Crippen LogP contribution in [-0.4, -0.2) is 79.7 Å². The van der Waals surface area contributed by atoms with Crippen LogP contribution < -0.4 is 0 Å². The molecule has 28 heavy (non-hydrogen) atoms. The van der Waals surface area contributed by atoms with Crippen molar-refractivity contribution in [3.63, 3.8) is 0 Å². The van der Waals surface area contributed by atoms with E-state index < -0.39 is 0 Å². The first-order chi connectivity index (χ1) is 13.6. The van der Waals surface area contributed by atoms with Gasteiger partial charge in [0.15, 0.2) is 0 Å². The molecule has 0 N–H and O–H groups in total. The number of piperidine rings is 2. The summed E-state index contributed by atoms with van der Waals surface area (Å²) in [5, 5.41) is 0.